The van der Waals surface area contributed by atoms with E-state index in [2.05, 4.69) is 29.1 Å². The molecule has 0 amide bonds. The maximum atomic E-state index is 12.8. The van der Waals surface area contributed by atoms with E-state index in [-0.39, 0.29) is 65.0 Å². The molecule has 0 saturated heterocycles. The van der Waals surface area contributed by atoms with Gasteiger partial charge in [0.25, 0.3) is 0 Å². The van der Waals surface area contributed by atoms with Gasteiger partial charge in [-0.1, -0.05) is 13.2 Å². The number of hydrogen-bond acceptors (Lipinski definition) is 14. The number of hydrogen-bond donors (Lipinski definition) is 0. The molecule has 0 radical (unpaired) electrons. The van der Waals surface area contributed by atoms with Crippen molar-refractivity contribution < 1.29 is 66.7 Å². The highest BCUT2D eigenvalue weighted by molar-refractivity contribution is 9.10. The predicted octanol–water partition coefficient (Wildman–Crippen LogP) is 6.94. The molecule has 3 aromatic carbocycles. The van der Waals surface area contributed by atoms with Crippen LogP contribution in [0.5, 0.6) is 23.0 Å². The van der Waals surface area contributed by atoms with Crippen LogP contribution in [0.1, 0.15) is 46.4 Å². The van der Waals surface area contributed by atoms with E-state index in [1.54, 1.807) is 0 Å². The number of carbonyl (C=O) groups excluding carboxylic acids is 6. The van der Waals surface area contributed by atoms with E-state index in [4.69, 9.17) is 37.9 Å². The summed E-state index contributed by atoms with van der Waals surface area (Å²) in [5, 5.41) is 0. The van der Waals surface area contributed by atoms with Crippen LogP contribution in [0.15, 0.2) is 96.5 Å². The van der Waals surface area contributed by atoms with E-state index in [1.165, 1.54) is 66.7 Å². The van der Waals surface area contributed by atoms with Gasteiger partial charge in [0.15, 0.2) is 0 Å². The van der Waals surface area contributed by atoms with E-state index < -0.39 is 36.2 Å². The third-order valence-corrected chi connectivity index (χ3v) is 6.89. The van der Waals surface area contributed by atoms with E-state index in [1.807, 2.05) is 0 Å². The molecule has 15 heteroatoms. The molecule has 0 N–H and O–H groups in total. The van der Waals surface area contributed by atoms with Gasteiger partial charge in [-0.3, -0.25) is 0 Å². The fraction of sp³-hybridized carbons (Fsp3) is 0.222. The van der Waals surface area contributed by atoms with Gasteiger partial charge in [0.1, 0.15) is 23.0 Å². The lowest BCUT2D eigenvalue weighted by molar-refractivity contribution is -0.138. The van der Waals surface area contributed by atoms with Gasteiger partial charge >= 0.3 is 36.2 Å². The van der Waals surface area contributed by atoms with Gasteiger partial charge in [0.05, 0.1) is 37.6 Å². The molecule has 0 aliphatic carbocycles. The van der Waals surface area contributed by atoms with Crippen LogP contribution in [0.25, 0.3) is 0 Å². The van der Waals surface area contributed by atoms with Crippen molar-refractivity contribution in [1.82, 2.24) is 0 Å². The highest BCUT2D eigenvalue weighted by atomic mass is 79.9. The first-order valence-corrected chi connectivity index (χ1v) is 16.1. The molecule has 0 heterocycles. The second-order valence-corrected chi connectivity index (χ2v) is 10.8. The second-order valence-electron chi connectivity index (χ2n) is 9.97. The van der Waals surface area contributed by atoms with Crippen LogP contribution < -0.4 is 18.9 Å². The number of halogens is 1. The zero-order chi connectivity index (χ0) is 37.0. The SMILES string of the molecule is C=CC(=O)OCCCCOC(=O)Oc1ccc(OC(=O)c2ccc(C(=O)Oc3ccc(OC(=O)OCCCCOC(=O)C=C)cc3)c(Br)c2)cc1. The minimum absolute atomic E-state index is 0.0659. The van der Waals surface area contributed by atoms with Gasteiger partial charge in [-0.15, -0.1) is 0 Å². The molecule has 0 atom stereocenters. The summed E-state index contributed by atoms with van der Waals surface area (Å²) < 4.78 is 40.8. The average molecular weight is 770 g/mol. The monoisotopic (exact) mass is 768 g/mol. The number of carbonyl (C=O) groups is 6. The van der Waals surface area contributed by atoms with Gasteiger partial charge in [0, 0.05) is 16.6 Å². The maximum absolute atomic E-state index is 12.8. The highest BCUT2D eigenvalue weighted by Crippen LogP contribution is 2.25. The third kappa shape index (κ3) is 14.6. The largest absolute Gasteiger partial charge is 0.513 e. The molecule has 268 valence electrons. The van der Waals surface area contributed by atoms with Gasteiger partial charge in [0.2, 0.25) is 0 Å². The molecule has 0 aliphatic heterocycles. The van der Waals surface area contributed by atoms with Crippen LogP contribution in [0.3, 0.4) is 0 Å². The number of ether oxygens (including phenoxy) is 8. The van der Waals surface area contributed by atoms with Gasteiger partial charge in [-0.25, -0.2) is 28.8 Å². The topological polar surface area (TPSA) is 176 Å². The van der Waals surface area contributed by atoms with Crippen molar-refractivity contribution in [3.8, 4) is 23.0 Å². The van der Waals surface area contributed by atoms with Crippen molar-refractivity contribution in [1.29, 1.82) is 0 Å². The Kier molecular flexibility index (Phi) is 16.4. The normalized spacial score (nSPS) is 10.1. The molecular formula is C36H33BrO14. The van der Waals surface area contributed by atoms with Crippen molar-refractivity contribution in [2.45, 2.75) is 25.7 Å². The minimum atomic E-state index is -0.926. The Bertz CT molecular complexity index is 1700. The average Bonchev–Trinajstić information content (AvgIpc) is 3.12. The number of esters is 4. The van der Waals surface area contributed by atoms with Crippen molar-refractivity contribution in [2.24, 2.45) is 0 Å². The molecule has 0 spiro atoms. The van der Waals surface area contributed by atoms with E-state index in [9.17, 15) is 28.8 Å². The Hall–Kier alpha value is -5.96. The Labute approximate surface area is 300 Å². The number of rotatable bonds is 18. The summed E-state index contributed by atoms with van der Waals surface area (Å²) in [7, 11) is 0. The summed E-state index contributed by atoms with van der Waals surface area (Å²) in [6, 6.07) is 15.5. The Morgan fingerprint density at radius 1 is 0.510 bits per heavy atom. The molecule has 3 aromatic rings. The van der Waals surface area contributed by atoms with Crippen LogP contribution in [0.4, 0.5) is 9.59 Å². The Morgan fingerprint density at radius 3 is 1.27 bits per heavy atom. The molecule has 0 aromatic heterocycles. The zero-order valence-corrected chi connectivity index (χ0v) is 28.8. The second kappa shape index (κ2) is 21.2. The lowest BCUT2D eigenvalue weighted by atomic mass is 10.1. The number of benzene rings is 3. The van der Waals surface area contributed by atoms with Gasteiger partial charge in [-0.2, -0.15) is 0 Å². The van der Waals surface area contributed by atoms with Crippen molar-refractivity contribution >= 4 is 52.1 Å². The summed E-state index contributed by atoms with van der Waals surface area (Å²) >= 11 is 3.28. The Morgan fingerprint density at radius 2 is 0.882 bits per heavy atom. The van der Waals surface area contributed by atoms with Crippen LogP contribution in [-0.4, -0.2) is 62.6 Å². The zero-order valence-electron chi connectivity index (χ0n) is 27.2. The molecule has 0 fully saturated rings. The van der Waals surface area contributed by atoms with Crippen LogP contribution in [0.2, 0.25) is 0 Å². The molecule has 0 aliphatic rings. The summed E-state index contributed by atoms with van der Waals surface area (Å²) in [5.41, 5.74) is 0.255. The summed E-state index contributed by atoms with van der Waals surface area (Å²) in [6.45, 7) is 7.07. The molecule has 0 unspecified atom stereocenters. The standard InChI is InChI=1S/C36H33BrO14/c1-3-31(38)44-19-5-7-21-46-35(42)50-27-14-10-25(11-15-27)48-33(40)24-9-18-29(30(37)23-24)34(41)49-26-12-16-28(17-13-26)51-36(43)47-22-8-6-20-45-32(39)4-2/h3-4,9-18,23H,1-2,5-8,19-22H2. The molecule has 14 nitrogen and oxygen atoms in total. The highest BCUT2D eigenvalue weighted by Gasteiger charge is 2.17. The van der Waals surface area contributed by atoms with Crippen molar-refractivity contribution in [3.05, 3.63) is 108 Å². The molecule has 51 heavy (non-hydrogen) atoms. The first-order valence-electron chi connectivity index (χ1n) is 15.3. The summed E-state index contributed by atoms with van der Waals surface area (Å²) in [4.78, 5) is 71.2. The van der Waals surface area contributed by atoms with Gasteiger partial charge in [-0.05, 0) is 108 Å². The lowest BCUT2D eigenvalue weighted by Gasteiger charge is -2.10. The first-order chi connectivity index (χ1) is 24.6. The van der Waals surface area contributed by atoms with Gasteiger partial charge < -0.3 is 37.9 Å². The van der Waals surface area contributed by atoms with E-state index in [0.717, 1.165) is 12.2 Å². The smallest absolute Gasteiger partial charge is 0.463 e. The van der Waals surface area contributed by atoms with E-state index in [0.29, 0.717) is 25.7 Å². The number of unbranched alkanes of at least 4 members (excludes halogenated alkanes) is 2. The van der Waals surface area contributed by atoms with Crippen LogP contribution in [-0.2, 0) is 28.5 Å². The summed E-state index contributed by atoms with van der Waals surface area (Å²) in [6.07, 6.45) is 2.17. The van der Waals surface area contributed by atoms with Crippen LogP contribution in [0, 0.1) is 0 Å². The van der Waals surface area contributed by atoms with E-state index >= 15 is 0 Å². The van der Waals surface area contributed by atoms with Crippen molar-refractivity contribution in [3.63, 3.8) is 0 Å². The lowest BCUT2D eigenvalue weighted by Crippen LogP contribution is -2.13. The van der Waals surface area contributed by atoms with Crippen LogP contribution >= 0.6 is 15.9 Å². The molecule has 0 saturated carbocycles. The fourth-order valence-electron chi connectivity index (χ4n) is 3.72. The Balaban J connectivity index is 1.40. The molecular weight excluding hydrogens is 736 g/mol. The van der Waals surface area contributed by atoms with Crippen molar-refractivity contribution in [2.75, 3.05) is 26.4 Å². The quantitative estimate of drug-likeness (QED) is 0.0325. The maximum Gasteiger partial charge on any atom is 0.513 e. The predicted molar refractivity (Wildman–Crippen MR) is 182 cm³/mol. The first kappa shape index (κ1) is 39.5. The third-order valence-electron chi connectivity index (χ3n) is 6.23. The fourth-order valence-corrected chi connectivity index (χ4v) is 4.26. The summed E-state index contributed by atoms with van der Waals surface area (Å²) in [5.74, 6) is -1.86. The minimum Gasteiger partial charge on any atom is -0.463 e. The molecule has 0 bridgehead atoms. The molecule has 3 rings (SSSR count).